The molecule has 144 valence electrons. The minimum atomic E-state index is 0.299. The summed E-state index contributed by atoms with van der Waals surface area (Å²) in [5, 5.41) is 0.541. The Kier molecular flexibility index (Phi) is 7.48. The third-order valence-corrected chi connectivity index (χ3v) is 7.66. The molecule has 1 saturated heterocycles. The smallest absolute Gasteiger partial charge is 0.225 e. The van der Waals surface area contributed by atoms with Gasteiger partial charge in [0.15, 0.2) is 0 Å². The lowest BCUT2D eigenvalue weighted by Crippen LogP contribution is -2.39. The predicted molar refractivity (Wildman–Crippen MR) is 113 cm³/mol. The lowest BCUT2D eigenvalue weighted by Gasteiger charge is -2.31. The maximum atomic E-state index is 13.1. The highest BCUT2D eigenvalue weighted by atomic mass is 32.2. The first-order chi connectivity index (χ1) is 12.7. The van der Waals surface area contributed by atoms with Gasteiger partial charge in [-0.2, -0.15) is 11.8 Å². The summed E-state index contributed by atoms with van der Waals surface area (Å²) in [4.78, 5) is 15.2. The van der Waals surface area contributed by atoms with E-state index in [-0.39, 0.29) is 0 Å². The molecule has 1 aromatic rings. The molecule has 1 aromatic carbocycles. The summed E-state index contributed by atoms with van der Waals surface area (Å²) < 4.78 is 0. The van der Waals surface area contributed by atoms with Gasteiger partial charge >= 0.3 is 0 Å². The summed E-state index contributed by atoms with van der Waals surface area (Å²) in [6.45, 7) is 6.35. The topological polar surface area (TPSA) is 20.3 Å². The molecule has 1 amide bonds. The van der Waals surface area contributed by atoms with E-state index in [1.54, 1.807) is 0 Å². The Morgan fingerprint density at radius 3 is 2.62 bits per heavy atom. The zero-order valence-electron chi connectivity index (χ0n) is 16.6. The van der Waals surface area contributed by atoms with E-state index in [1.807, 2.05) is 11.8 Å². The maximum absolute atomic E-state index is 13.1. The van der Waals surface area contributed by atoms with Crippen LogP contribution < -0.4 is 0 Å². The predicted octanol–water partition coefficient (Wildman–Crippen LogP) is 6.00. The quantitative estimate of drug-likeness (QED) is 0.631. The van der Waals surface area contributed by atoms with E-state index in [0.717, 1.165) is 44.0 Å². The largest absolute Gasteiger partial charge is 0.342 e. The fourth-order valence-corrected chi connectivity index (χ4v) is 5.96. The van der Waals surface area contributed by atoms with Crippen molar-refractivity contribution < 1.29 is 4.79 Å². The van der Waals surface area contributed by atoms with Crippen LogP contribution in [0.1, 0.15) is 74.7 Å². The molecule has 0 bridgehead atoms. The van der Waals surface area contributed by atoms with Crippen LogP contribution in [0.2, 0.25) is 0 Å². The molecule has 1 heterocycles. The van der Waals surface area contributed by atoms with Gasteiger partial charge in [-0.15, -0.1) is 0 Å². The van der Waals surface area contributed by atoms with Crippen molar-refractivity contribution in [2.24, 2.45) is 11.8 Å². The maximum Gasteiger partial charge on any atom is 0.225 e. The van der Waals surface area contributed by atoms with Crippen LogP contribution in [0, 0.1) is 18.8 Å². The van der Waals surface area contributed by atoms with Gasteiger partial charge in [0.1, 0.15) is 0 Å². The van der Waals surface area contributed by atoms with Gasteiger partial charge in [-0.1, -0.05) is 50.5 Å². The van der Waals surface area contributed by atoms with E-state index in [1.165, 1.54) is 43.2 Å². The first-order valence-corrected chi connectivity index (χ1v) is 11.7. The van der Waals surface area contributed by atoms with Gasteiger partial charge in [-0.25, -0.2) is 0 Å². The van der Waals surface area contributed by atoms with Crippen molar-refractivity contribution in [1.29, 1.82) is 0 Å². The van der Waals surface area contributed by atoms with Crippen LogP contribution in [0.4, 0.5) is 0 Å². The average molecular weight is 374 g/mol. The highest BCUT2D eigenvalue weighted by Gasteiger charge is 2.30. The Labute approximate surface area is 164 Å². The number of hydrogen-bond donors (Lipinski definition) is 0. The molecule has 2 nitrogen and oxygen atoms in total. The lowest BCUT2D eigenvalue weighted by molar-refractivity contribution is -0.136. The second kappa shape index (κ2) is 9.82. The van der Waals surface area contributed by atoms with Crippen molar-refractivity contribution in [3.05, 3.63) is 35.4 Å². The molecule has 3 rings (SSSR count). The molecule has 1 saturated carbocycles. The van der Waals surface area contributed by atoms with Crippen LogP contribution >= 0.6 is 11.8 Å². The first kappa shape index (κ1) is 19.8. The van der Waals surface area contributed by atoms with Crippen molar-refractivity contribution in [1.82, 2.24) is 4.90 Å². The number of rotatable bonds is 5. The van der Waals surface area contributed by atoms with Gasteiger partial charge in [0, 0.05) is 30.0 Å². The number of thioether (sulfide) groups is 1. The minimum absolute atomic E-state index is 0.299. The van der Waals surface area contributed by atoms with Gasteiger partial charge in [0.25, 0.3) is 0 Å². The molecule has 0 aromatic heterocycles. The van der Waals surface area contributed by atoms with Crippen LogP contribution in [-0.4, -0.2) is 29.6 Å². The van der Waals surface area contributed by atoms with Gasteiger partial charge in [-0.3, -0.25) is 4.79 Å². The number of hydrogen-bond acceptors (Lipinski definition) is 2. The van der Waals surface area contributed by atoms with Gasteiger partial charge in [0.2, 0.25) is 5.91 Å². The highest BCUT2D eigenvalue weighted by Crippen LogP contribution is 2.37. The number of aryl methyl sites for hydroxylation is 1. The first-order valence-electron chi connectivity index (χ1n) is 10.6. The van der Waals surface area contributed by atoms with Crippen molar-refractivity contribution in [2.75, 3.05) is 18.8 Å². The molecular weight excluding hydrogens is 338 g/mol. The SMILES string of the molecule is CCCCC1CCC(C(=O)N2CCSC(c3ccccc3C)CC2)CC1. The number of unbranched alkanes of at least 4 members (excludes halogenated alkanes) is 1. The average Bonchev–Trinajstić information content (AvgIpc) is 2.93. The van der Waals surface area contributed by atoms with E-state index < -0.39 is 0 Å². The molecule has 1 unspecified atom stereocenters. The van der Waals surface area contributed by atoms with Gasteiger partial charge < -0.3 is 4.90 Å². The summed E-state index contributed by atoms with van der Waals surface area (Å²) in [6, 6.07) is 8.74. The number of nitrogens with zero attached hydrogens (tertiary/aromatic N) is 1. The van der Waals surface area contributed by atoms with Crippen molar-refractivity contribution in [2.45, 2.75) is 70.5 Å². The number of benzene rings is 1. The second-order valence-corrected chi connectivity index (χ2v) is 9.50. The Morgan fingerprint density at radius 2 is 1.88 bits per heavy atom. The second-order valence-electron chi connectivity index (χ2n) is 8.19. The van der Waals surface area contributed by atoms with Crippen molar-refractivity contribution in [3.63, 3.8) is 0 Å². The molecule has 1 atom stereocenters. The monoisotopic (exact) mass is 373 g/mol. The fourth-order valence-electron chi connectivity index (χ4n) is 4.64. The zero-order valence-corrected chi connectivity index (χ0v) is 17.4. The molecule has 0 spiro atoms. The molecule has 2 fully saturated rings. The molecular formula is C23H35NOS. The molecule has 0 N–H and O–H groups in total. The van der Waals surface area contributed by atoms with Crippen molar-refractivity contribution in [3.8, 4) is 0 Å². The molecule has 1 aliphatic carbocycles. The van der Waals surface area contributed by atoms with E-state index in [2.05, 4.69) is 43.0 Å². The fraction of sp³-hybridized carbons (Fsp3) is 0.696. The van der Waals surface area contributed by atoms with Crippen molar-refractivity contribution >= 4 is 17.7 Å². The van der Waals surface area contributed by atoms with Crippen LogP contribution in [0.15, 0.2) is 24.3 Å². The third kappa shape index (κ3) is 5.06. The van der Waals surface area contributed by atoms with Crippen LogP contribution in [0.5, 0.6) is 0 Å². The van der Waals surface area contributed by atoms with Gasteiger partial charge in [0.05, 0.1) is 0 Å². The third-order valence-electron chi connectivity index (χ3n) is 6.35. The Bertz CT molecular complexity index is 579. The summed E-state index contributed by atoms with van der Waals surface area (Å²) >= 11 is 2.03. The van der Waals surface area contributed by atoms with E-state index >= 15 is 0 Å². The Hall–Kier alpha value is -0.960. The lowest BCUT2D eigenvalue weighted by atomic mass is 9.79. The van der Waals surface area contributed by atoms with Gasteiger partial charge in [-0.05, 0) is 56.1 Å². The van der Waals surface area contributed by atoms with E-state index in [4.69, 9.17) is 0 Å². The number of amides is 1. The summed E-state index contributed by atoms with van der Waals surface area (Å²) in [7, 11) is 0. The minimum Gasteiger partial charge on any atom is -0.342 e. The molecule has 0 radical (unpaired) electrons. The summed E-state index contributed by atoms with van der Waals surface area (Å²) in [5.41, 5.74) is 2.85. The number of carbonyl (C=O) groups is 1. The Morgan fingerprint density at radius 1 is 1.12 bits per heavy atom. The molecule has 1 aliphatic heterocycles. The molecule has 3 heteroatoms. The molecule has 2 aliphatic rings. The van der Waals surface area contributed by atoms with Crippen LogP contribution in [-0.2, 0) is 4.79 Å². The summed E-state index contributed by atoms with van der Waals surface area (Å²) in [5.74, 6) is 2.69. The van der Waals surface area contributed by atoms with Crippen LogP contribution in [0.3, 0.4) is 0 Å². The normalized spacial score (nSPS) is 27.2. The molecule has 26 heavy (non-hydrogen) atoms. The Balaban J connectivity index is 1.51. The van der Waals surface area contributed by atoms with Crippen LogP contribution in [0.25, 0.3) is 0 Å². The highest BCUT2D eigenvalue weighted by molar-refractivity contribution is 7.99. The van der Waals surface area contributed by atoms with E-state index in [9.17, 15) is 4.79 Å². The standard InChI is InChI=1S/C23H35NOS/c1-3-4-8-19-10-12-20(13-11-19)23(25)24-15-14-22(26-17-16-24)21-9-6-5-7-18(21)2/h5-7,9,19-20,22H,3-4,8,10-17H2,1-2H3. The number of carbonyl (C=O) groups excluding carboxylic acids is 1. The van der Waals surface area contributed by atoms with E-state index in [0.29, 0.717) is 17.1 Å². The summed E-state index contributed by atoms with van der Waals surface area (Å²) in [6.07, 6.45) is 9.90. The zero-order chi connectivity index (χ0) is 18.4.